The number of aromatic nitrogens is 1. The molecule has 0 aliphatic carbocycles. The number of ether oxygens (including phenoxy) is 2. The molecule has 8 nitrogen and oxygen atoms in total. The van der Waals surface area contributed by atoms with Crippen LogP contribution in [0.25, 0.3) is 10.9 Å². The molecule has 0 bridgehead atoms. The third-order valence-corrected chi connectivity index (χ3v) is 3.37. The van der Waals surface area contributed by atoms with Gasteiger partial charge in [0, 0.05) is 22.1 Å². The second-order valence-corrected chi connectivity index (χ2v) is 6.39. The first-order valence-electron chi connectivity index (χ1n) is 7.79. The number of rotatable bonds is 4. The molecule has 8 heteroatoms. The minimum absolute atomic E-state index is 0.0398. The standard InChI is InChI=1S/C17H20N2O6/c1-5-24-15(20)14(19(22)23)12-7-6-8-13-11(12)9-10-18(13)16(21)25-17(2,3)4/h6-10,14H,5H2,1-4H3. The summed E-state index contributed by atoms with van der Waals surface area (Å²) in [6.45, 7) is 6.84. The van der Waals surface area contributed by atoms with E-state index in [4.69, 9.17) is 9.47 Å². The van der Waals surface area contributed by atoms with Crippen molar-refractivity contribution < 1.29 is 24.0 Å². The van der Waals surface area contributed by atoms with Crippen LogP contribution in [-0.4, -0.2) is 33.8 Å². The first-order valence-corrected chi connectivity index (χ1v) is 7.79. The molecule has 0 radical (unpaired) electrons. The van der Waals surface area contributed by atoms with Crippen LogP contribution in [0.2, 0.25) is 0 Å². The van der Waals surface area contributed by atoms with Crippen LogP contribution in [0.4, 0.5) is 4.79 Å². The van der Waals surface area contributed by atoms with Gasteiger partial charge in [-0.1, -0.05) is 12.1 Å². The average Bonchev–Trinajstić information content (AvgIpc) is 2.90. The fourth-order valence-corrected chi connectivity index (χ4v) is 2.45. The van der Waals surface area contributed by atoms with Crippen molar-refractivity contribution >= 4 is 23.0 Å². The van der Waals surface area contributed by atoms with Gasteiger partial charge in [-0.05, 0) is 39.8 Å². The number of esters is 1. The van der Waals surface area contributed by atoms with Crippen LogP contribution in [0, 0.1) is 10.1 Å². The molecule has 0 spiro atoms. The summed E-state index contributed by atoms with van der Waals surface area (Å²) in [5.41, 5.74) is -0.0919. The lowest BCUT2D eigenvalue weighted by atomic mass is 10.0. The Morgan fingerprint density at radius 1 is 1.28 bits per heavy atom. The van der Waals surface area contributed by atoms with Crippen molar-refractivity contribution in [2.75, 3.05) is 6.61 Å². The van der Waals surface area contributed by atoms with Gasteiger partial charge in [0.25, 0.3) is 0 Å². The highest BCUT2D eigenvalue weighted by molar-refractivity contribution is 5.94. The van der Waals surface area contributed by atoms with Crippen molar-refractivity contribution in [1.82, 2.24) is 4.57 Å². The van der Waals surface area contributed by atoms with Gasteiger partial charge in [-0.15, -0.1) is 0 Å². The van der Waals surface area contributed by atoms with Gasteiger partial charge in [0.1, 0.15) is 5.60 Å². The molecule has 0 aliphatic rings. The van der Waals surface area contributed by atoms with Crippen molar-refractivity contribution in [1.29, 1.82) is 0 Å². The quantitative estimate of drug-likeness (QED) is 0.477. The van der Waals surface area contributed by atoms with Crippen molar-refractivity contribution in [3.05, 3.63) is 46.1 Å². The Hall–Kier alpha value is -2.90. The molecular weight excluding hydrogens is 328 g/mol. The van der Waals surface area contributed by atoms with Gasteiger partial charge in [0.05, 0.1) is 12.1 Å². The highest BCUT2D eigenvalue weighted by atomic mass is 16.6. The van der Waals surface area contributed by atoms with Crippen LogP contribution in [0.15, 0.2) is 30.5 Å². The van der Waals surface area contributed by atoms with Crippen LogP contribution in [-0.2, 0) is 14.3 Å². The molecule has 1 aromatic heterocycles. The molecule has 1 heterocycles. The van der Waals surface area contributed by atoms with Crippen LogP contribution < -0.4 is 0 Å². The fraction of sp³-hybridized carbons (Fsp3) is 0.412. The van der Waals surface area contributed by atoms with Crippen LogP contribution in [0.5, 0.6) is 0 Å². The molecule has 0 saturated carbocycles. The van der Waals surface area contributed by atoms with Crippen molar-refractivity contribution in [2.24, 2.45) is 0 Å². The van der Waals surface area contributed by atoms with E-state index in [1.165, 1.54) is 16.8 Å². The zero-order valence-corrected chi connectivity index (χ0v) is 14.5. The summed E-state index contributed by atoms with van der Waals surface area (Å²) >= 11 is 0. The Morgan fingerprint density at radius 3 is 2.52 bits per heavy atom. The Balaban J connectivity index is 2.52. The molecule has 1 unspecified atom stereocenters. The van der Waals surface area contributed by atoms with E-state index in [9.17, 15) is 19.7 Å². The van der Waals surface area contributed by atoms with E-state index in [2.05, 4.69) is 0 Å². The smallest absolute Gasteiger partial charge is 0.418 e. The molecule has 0 amide bonds. The summed E-state index contributed by atoms with van der Waals surface area (Å²) in [6.07, 6.45) is 0.859. The Kier molecular flexibility index (Phi) is 5.10. The monoisotopic (exact) mass is 348 g/mol. The Labute approximate surface area is 144 Å². The lowest BCUT2D eigenvalue weighted by molar-refractivity contribution is -0.516. The minimum atomic E-state index is -1.65. The summed E-state index contributed by atoms with van der Waals surface area (Å²) in [5, 5.41) is 11.8. The third-order valence-electron chi connectivity index (χ3n) is 3.37. The van der Waals surface area contributed by atoms with Crippen molar-refractivity contribution in [2.45, 2.75) is 39.3 Å². The first kappa shape index (κ1) is 18.4. The number of carbonyl (C=O) groups is 2. The summed E-state index contributed by atoms with van der Waals surface area (Å²) in [6, 6.07) is 4.55. The van der Waals surface area contributed by atoms with E-state index in [0.29, 0.717) is 10.9 Å². The first-order chi connectivity index (χ1) is 11.7. The normalized spacial score (nSPS) is 12.6. The van der Waals surface area contributed by atoms with Gasteiger partial charge in [-0.2, -0.15) is 0 Å². The molecule has 0 fully saturated rings. The molecule has 0 aliphatic heterocycles. The van der Waals surface area contributed by atoms with Crippen LogP contribution in [0.1, 0.15) is 39.3 Å². The second kappa shape index (κ2) is 6.92. The van der Waals surface area contributed by atoms with E-state index in [-0.39, 0.29) is 12.2 Å². The zero-order chi connectivity index (χ0) is 18.8. The molecule has 2 rings (SSSR count). The molecule has 134 valence electrons. The largest absolute Gasteiger partial charge is 0.461 e. The van der Waals surface area contributed by atoms with Gasteiger partial charge in [0.15, 0.2) is 0 Å². The van der Waals surface area contributed by atoms with E-state index < -0.39 is 28.6 Å². The van der Waals surface area contributed by atoms with Crippen molar-refractivity contribution in [3.8, 4) is 0 Å². The maximum Gasteiger partial charge on any atom is 0.418 e. The van der Waals surface area contributed by atoms with Gasteiger partial charge in [0.2, 0.25) is 0 Å². The van der Waals surface area contributed by atoms with Crippen LogP contribution in [0.3, 0.4) is 0 Å². The number of nitro groups is 1. The Bertz CT molecular complexity index is 818. The second-order valence-electron chi connectivity index (χ2n) is 6.39. The van der Waals surface area contributed by atoms with Crippen molar-refractivity contribution in [3.63, 3.8) is 0 Å². The van der Waals surface area contributed by atoms with E-state index in [1.807, 2.05) is 0 Å². The van der Waals surface area contributed by atoms with Gasteiger partial charge >= 0.3 is 18.1 Å². The van der Waals surface area contributed by atoms with Crippen LogP contribution >= 0.6 is 0 Å². The number of carbonyl (C=O) groups excluding carboxylic acids is 2. The molecule has 1 aromatic carbocycles. The molecule has 2 aromatic rings. The molecule has 25 heavy (non-hydrogen) atoms. The lowest BCUT2D eigenvalue weighted by Crippen LogP contribution is -2.26. The summed E-state index contributed by atoms with van der Waals surface area (Å²) in [4.78, 5) is 35.0. The Morgan fingerprint density at radius 2 is 1.96 bits per heavy atom. The van der Waals surface area contributed by atoms with Gasteiger partial charge < -0.3 is 9.47 Å². The van der Waals surface area contributed by atoms with Gasteiger partial charge in [-0.3, -0.25) is 14.7 Å². The average molecular weight is 348 g/mol. The van der Waals surface area contributed by atoms with E-state index in [1.54, 1.807) is 45.9 Å². The summed E-state index contributed by atoms with van der Waals surface area (Å²) in [7, 11) is 0. The maximum absolute atomic E-state index is 12.3. The third kappa shape index (κ3) is 3.96. The summed E-state index contributed by atoms with van der Waals surface area (Å²) < 4.78 is 11.4. The number of nitrogens with zero attached hydrogens (tertiary/aromatic N) is 2. The minimum Gasteiger partial charge on any atom is -0.461 e. The SMILES string of the molecule is CCOC(=O)C(c1cccc2c1ccn2C(=O)OC(C)(C)C)[N+](=O)[O-]. The number of benzene rings is 1. The highest BCUT2D eigenvalue weighted by Gasteiger charge is 2.35. The summed E-state index contributed by atoms with van der Waals surface area (Å²) in [5.74, 6) is -0.940. The fourth-order valence-electron chi connectivity index (χ4n) is 2.45. The predicted octanol–water partition coefficient (Wildman–Crippen LogP) is 3.31. The zero-order valence-electron chi connectivity index (χ0n) is 14.5. The molecule has 0 N–H and O–H groups in total. The molecule has 1 atom stereocenters. The lowest BCUT2D eigenvalue weighted by Gasteiger charge is -2.19. The highest BCUT2D eigenvalue weighted by Crippen LogP contribution is 2.28. The predicted molar refractivity (Wildman–Crippen MR) is 89.9 cm³/mol. The molecule has 0 saturated heterocycles. The maximum atomic E-state index is 12.3. The number of fused-ring (bicyclic) bond motifs is 1. The topological polar surface area (TPSA) is 101 Å². The van der Waals surface area contributed by atoms with E-state index >= 15 is 0 Å². The van der Waals surface area contributed by atoms with Gasteiger partial charge in [-0.25, -0.2) is 9.59 Å². The van der Waals surface area contributed by atoms with E-state index in [0.717, 1.165) is 0 Å². The number of hydrogen-bond donors (Lipinski definition) is 0. The number of hydrogen-bond acceptors (Lipinski definition) is 6. The molecular formula is C17H20N2O6.